The quantitative estimate of drug-likeness (QED) is 0.671. The highest BCUT2D eigenvalue weighted by Crippen LogP contribution is 2.37. The standard InChI is InChI=1S/C23H30O6Si/c1-23(2,3)30(16-11-7-5-8-12-16,17-13-9-6-10-14-17)28-15-18-19(24)20(25)21(26)22(27-4)29-18/h5-14,18-19,21-22,24,26H,15H2,1-4H3/t18?,19-,21?,22+/m1/s1. The van der Waals surface area contributed by atoms with Crippen molar-refractivity contribution in [3.8, 4) is 0 Å². The third kappa shape index (κ3) is 4.14. The molecule has 2 N–H and O–H groups in total. The van der Waals surface area contributed by atoms with Gasteiger partial charge in [-0.1, -0.05) is 81.4 Å². The number of hydrogen-bond donors (Lipinski definition) is 2. The van der Waals surface area contributed by atoms with Gasteiger partial charge in [-0.15, -0.1) is 0 Å². The first-order chi connectivity index (χ1) is 14.2. The molecule has 0 saturated carbocycles. The van der Waals surface area contributed by atoms with E-state index in [0.29, 0.717) is 0 Å². The zero-order valence-corrected chi connectivity index (χ0v) is 18.8. The van der Waals surface area contributed by atoms with Crippen molar-refractivity contribution < 1.29 is 28.9 Å². The second-order valence-corrected chi connectivity index (χ2v) is 12.9. The van der Waals surface area contributed by atoms with Gasteiger partial charge in [-0.05, 0) is 15.4 Å². The number of ether oxygens (including phenoxy) is 2. The average molecular weight is 431 g/mol. The fourth-order valence-electron chi connectivity index (χ4n) is 4.10. The Labute approximate surface area is 178 Å². The number of carbonyl (C=O) groups excluding carboxylic acids is 1. The number of Topliss-reactive ketones (excluding diaryl/α,β-unsaturated/α-hetero) is 1. The highest BCUT2D eigenvalue weighted by atomic mass is 28.4. The molecular formula is C23H30O6Si. The topological polar surface area (TPSA) is 85.2 Å². The molecule has 1 aliphatic heterocycles. The molecule has 0 radical (unpaired) electrons. The molecule has 1 heterocycles. The minimum atomic E-state index is -2.84. The SMILES string of the molecule is CO[C@H]1OC(CO[Si](c2ccccc2)(c2ccccc2)C(C)(C)C)[C@@H](O)C(=O)C1O. The molecule has 0 aliphatic carbocycles. The Morgan fingerprint density at radius 1 is 0.933 bits per heavy atom. The van der Waals surface area contributed by atoms with Gasteiger partial charge in [0.05, 0.1) is 6.61 Å². The predicted octanol–water partition coefficient (Wildman–Crippen LogP) is 1.23. The van der Waals surface area contributed by atoms with Crippen LogP contribution in [0.5, 0.6) is 0 Å². The summed E-state index contributed by atoms with van der Waals surface area (Å²) in [6.45, 7) is 6.42. The van der Waals surface area contributed by atoms with Crippen molar-refractivity contribution in [1.82, 2.24) is 0 Å². The second kappa shape index (κ2) is 9.09. The molecule has 1 saturated heterocycles. The van der Waals surface area contributed by atoms with Crippen LogP contribution in [0.15, 0.2) is 60.7 Å². The Morgan fingerprint density at radius 2 is 1.43 bits per heavy atom. The maximum absolute atomic E-state index is 12.3. The van der Waals surface area contributed by atoms with Crippen LogP contribution in [0, 0.1) is 0 Å². The van der Waals surface area contributed by atoms with Gasteiger partial charge in [0.2, 0.25) is 0 Å². The maximum Gasteiger partial charge on any atom is 0.261 e. The number of aliphatic hydroxyl groups is 2. The van der Waals surface area contributed by atoms with Crippen molar-refractivity contribution in [2.45, 2.75) is 50.4 Å². The zero-order chi connectivity index (χ0) is 21.9. The molecule has 4 atom stereocenters. The maximum atomic E-state index is 12.3. The van der Waals surface area contributed by atoms with Gasteiger partial charge >= 0.3 is 0 Å². The summed E-state index contributed by atoms with van der Waals surface area (Å²) in [5.74, 6) is -0.718. The van der Waals surface area contributed by atoms with Gasteiger partial charge in [0.25, 0.3) is 8.32 Å². The average Bonchev–Trinajstić information content (AvgIpc) is 2.74. The van der Waals surface area contributed by atoms with E-state index in [0.717, 1.165) is 10.4 Å². The van der Waals surface area contributed by atoms with Crippen LogP contribution in [0.4, 0.5) is 0 Å². The molecule has 6 nitrogen and oxygen atoms in total. The van der Waals surface area contributed by atoms with Crippen LogP contribution >= 0.6 is 0 Å². The Balaban J connectivity index is 2.01. The lowest BCUT2D eigenvalue weighted by Gasteiger charge is -2.44. The molecular weight excluding hydrogens is 400 g/mol. The van der Waals surface area contributed by atoms with Gasteiger partial charge in [-0.2, -0.15) is 0 Å². The Morgan fingerprint density at radius 3 is 1.87 bits per heavy atom. The van der Waals surface area contributed by atoms with E-state index in [4.69, 9.17) is 13.9 Å². The Kier molecular flexibility index (Phi) is 6.91. The lowest BCUT2D eigenvalue weighted by atomic mass is 10.0. The fraction of sp³-hybridized carbons (Fsp3) is 0.435. The molecule has 0 amide bonds. The number of ketones is 1. The minimum Gasteiger partial charge on any atom is -0.405 e. The van der Waals surface area contributed by atoms with Gasteiger partial charge < -0.3 is 24.1 Å². The molecule has 1 fully saturated rings. The first kappa shape index (κ1) is 22.8. The molecule has 2 aromatic carbocycles. The van der Waals surface area contributed by atoms with Gasteiger partial charge in [-0.3, -0.25) is 4.79 Å². The molecule has 0 bridgehead atoms. The first-order valence-electron chi connectivity index (χ1n) is 10.1. The van der Waals surface area contributed by atoms with Crippen molar-refractivity contribution in [3.63, 3.8) is 0 Å². The molecule has 0 spiro atoms. The van der Waals surface area contributed by atoms with E-state index in [-0.39, 0.29) is 11.6 Å². The highest BCUT2D eigenvalue weighted by molar-refractivity contribution is 6.99. The summed E-state index contributed by atoms with van der Waals surface area (Å²) in [5, 5.41) is 22.3. The summed E-state index contributed by atoms with van der Waals surface area (Å²) in [4.78, 5) is 12.3. The molecule has 30 heavy (non-hydrogen) atoms. The number of aliphatic hydroxyl groups excluding tert-OH is 2. The summed E-state index contributed by atoms with van der Waals surface area (Å²) in [5.41, 5.74) is 0. The van der Waals surface area contributed by atoms with E-state index in [9.17, 15) is 15.0 Å². The summed E-state index contributed by atoms with van der Waals surface area (Å²) in [6, 6.07) is 20.1. The fourth-order valence-corrected chi connectivity index (χ4v) is 8.67. The molecule has 2 unspecified atom stereocenters. The number of benzene rings is 2. The van der Waals surface area contributed by atoms with Crippen LogP contribution < -0.4 is 10.4 Å². The molecule has 162 valence electrons. The predicted molar refractivity (Wildman–Crippen MR) is 116 cm³/mol. The van der Waals surface area contributed by atoms with Gasteiger partial charge in [0, 0.05) is 7.11 Å². The van der Waals surface area contributed by atoms with Crippen LogP contribution in [0.3, 0.4) is 0 Å². The van der Waals surface area contributed by atoms with Crippen molar-refractivity contribution in [3.05, 3.63) is 60.7 Å². The van der Waals surface area contributed by atoms with Crippen LogP contribution in [-0.4, -0.2) is 62.6 Å². The Hall–Kier alpha value is -1.87. The lowest BCUT2D eigenvalue weighted by Crippen LogP contribution is -2.68. The molecule has 1 aliphatic rings. The van der Waals surface area contributed by atoms with Crippen LogP contribution in [-0.2, 0) is 18.7 Å². The number of methoxy groups -OCH3 is 1. The van der Waals surface area contributed by atoms with E-state index in [1.54, 1.807) is 0 Å². The molecule has 2 aromatic rings. The summed E-state index contributed by atoms with van der Waals surface area (Å²) in [6.07, 6.45) is -5.07. The normalized spacial score (nSPS) is 25.3. The summed E-state index contributed by atoms with van der Waals surface area (Å²) < 4.78 is 17.5. The second-order valence-electron chi connectivity index (χ2n) is 8.54. The van der Waals surface area contributed by atoms with Crippen molar-refractivity contribution in [2.24, 2.45) is 0 Å². The van der Waals surface area contributed by atoms with Crippen LogP contribution in [0.25, 0.3) is 0 Å². The number of rotatable bonds is 6. The number of hydrogen-bond acceptors (Lipinski definition) is 6. The number of carbonyl (C=O) groups is 1. The van der Waals surface area contributed by atoms with Gasteiger partial charge in [0.1, 0.15) is 12.2 Å². The van der Waals surface area contributed by atoms with E-state index in [2.05, 4.69) is 45.0 Å². The van der Waals surface area contributed by atoms with Crippen molar-refractivity contribution in [2.75, 3.05) is 13.7 Å². The zero-order valence-electron chi connectivity index (χ0n) is 17.8. The van der Waals surface area contributed by atoms with Gasteiger partial charge in [0.15, 0.2) is 18.2 Å². The molecule has 3 rings (SSSR count). The smallest absolute Gasteiger partial charge is 0.261 e. The molecule has 7 heteroatoms. The van der Waals surface area contributed by atoms with Crippen molar-refractivity contribution in [1.29, 1.82) is 0 Å². The van der Waals surface area contributed by atoms with Crippen molar-refractivity contribution >= 4 is 24.5 Å². The van der Waals surface area contributed by atoms with Gasteiger partial charge in [-0.25, -0.2) is 0 Å². The molecule has 0 aromatic heterocycles. The van der Waals surface area contributed by atoms with E-state index >= 15 is 0 Å². The summed E-state index contributed by atoms with van der Waals surface area (Å²) in [7, 11) is -1.49. The van der Waals surface area contributed by atoms with Crippen LogP contribution in [0.2, 0.25) is 5.04 Å². The summed E-state index contributed by atoms with van der Waals surface area (Å²) >= 11 is 0. The first-order valence-corrected chi connectivity index (χ1v) is 12.0. The third-order valence-corrected chi connectivity index (χ3v) is 10.6. The minimum absolute atomic E-state index is 0.00718. The van der Waals surface area contributed by atoms with E-state index in [1.165, 1.54) is 7.11 Å². The largest absolute Gasteiger partial charge is 0.405 e. The van der Waals surface area contributed by atoms with Crippen LogP contribution in [0.1, 0.15) is 20.8 Å². The lowest BCUT2D eigenvalue weighted by molar-refractivity contribution is -0.246. The monoisotopic (exact) mass is 430 g/mol. The third-order valence-electron chi connectivity index (χ3n) is 5.62. The van der Waals surface area contributed by atoms with E-state index in [1.807, 2.05) is 36.4 Å². The Bertz CT molecular complexity index is 796. The van der Waals surface area contributed by atoms with E-state index < -0.39 is 38.7 Å². The highest BCUT2D eigenvalue weighted by Gasteiger charge is 2.52.